The number of hydrogen-bond donors (Lipinski definition) is 1. The molecule has 0 amide bonds. The van der Waals surface area contributed by atoms with E-state index in [2.05, 4.69) is 46.4 Å². The average molecular weight is 301 g/mol. The van der Waals surface area contributed by atoms with E-state index in [0.29, 0.717) is 6.10 Å². The molecule has 0 saturated carbocycles. The van der Waals surface area contributed by atoms with Crippen LogP contribution in [0, 0.1) is 5.92 Å². The fourth-order valence-corrected chi connectivity index (χ4v) is 3.20. The molecule has 3 rings (SSSR count). The van der Waals surface area contributed by atoms with Gasteiger partial charge in [-0.25, -0.2) is 4.98 Å². The van der Waals surface area contributed by atoms with Gasteiger partial charge in [-0.05, 0) is 50.3 Å². The first-order valence-corrected chi connectivity index (χ1v) is 8.48. The van der Waals surface area contributed by atoms with E-state index in [9.17, 15) is 0 Å². The van der Waals surface area contributed by atoms with E-state index in [1.807, 2.05) is 6.20 Å². The van der Waals surface area contributed by atoms with Crippen molar-refractivity contribution in [2.45, 2.75) is 38.8 Å². The van der Waals surface area contributed by atoms with Crippen molar-refractivity contribution < 1.29 is 4.74 Å². The predicted molar refractivity (Wildman–Crippen MR) is 90.1 cm³/mol. The van der Waals surface area contributed by atoms with Crippen molar-refractivity contribution in [2.24, 2.45) is 5.92 Å². The molecule has 0 bridgehead atoms. The number of morpholine rings is 1. The Bertz CT molecular complexity index is 486. The lowest BCUT2D eigenvalue weighted by atomic mass is 9.94. The fourth-order valence-electron chi connectivity index (χ4n) is 3.20. The summed E-state index contributed by atoms with van der Waals surface area (Å²) in [5, 5.41) is 3.57. The van der Waals surface area contributed by atoms with Gasteiger partial charge in [0.15, 0.2) is 0 Å². The molecule has 4 heteroatoms. The summed E-state index contributed by atoms with van der Waals surface area (Å²) in [5.74, 6) is 1.86. The number of anilines is 1. The van der Waals surface area contributed by atoms with Crippen molar-refractivity contribution in [1.29, 1.82) is 0 Å². The van der Waals surface area contributed by atoms with Gasteiger partial charge in [0.1, 0.15) is 5.82 Å². The highest BCUT2D eigenvalue weighted by Crippen LogP contribution is 2.18. The number of allylic oxidation sites excluding steroid dienone is 2. The molecule has 1 aliphatic heterocycles. The summed E-state index contributed by atoms with van der Waals surface area (Å²) in [7, 11) is 0. The second kappa shape index (κ2) is 7.75. The van der Waals surface area contributed by atoms with Crippen LogP contribution in [0.4, 0.5) is 5.82 Å². The van der Waals surface area contributed by atoms with Crippen molar-refractivity contribution in [3.63, 3.8) is 0 Å². The molecular weight excluding hydrogens is 274 g/mol. The molecule has 1 saturated heterocycles. The molecule has 22 heavy (non-hydrogen) atoms. The molecule has 0 aromatic carbocycles. The maximum absolute atomic E-state index is 5.58. The van der Waals surface area contributed by atoms with Crippen LogP contribution in [0.15, 0.2) is 30.5 Å². The summed E-state index contributed by atoms with van der Waals surface area (Å²) in [5.41, 5.74) is 1.26. The van der Waals surface area contributed by atoms with Gasteiger partial charge in [-0.15, -0.1) is 0 Å². The predicted octanol–water partition coefficient (Wildman–Crippen LogP) is 2.75. The van der Waals surface area contributed by atoms with Crippen molar-refractivity contribution >= 4 is 5.82 Å². The Balaban J connectivity index is 1.45. The second-order valence-corrected chi connectivity index (χ2v) is 6.43. The number of hydrogen-bond acceptors (Lipinski definition) is 4. The maximum Gasteiger partial charge on any atom is 0.128 e. The standard InChI is InChI=1S/C18H27N3O/c1-15-14-21(9-10-22-15)18-8-7-17(13-20-18)12-19-11-16-5-3-2-4-6-16/h2-3,7-8,13,15-16,19H,4-6,9-12,14H2,1H3. The summed E-state index contributed by atoms with van der Waals surface area (Å²) >= 11 is 0. The van der Waals surface area contributed by atoms with E-state index >= 15 is 0 Å². The van der Waals surface area contributed by atoms with Gasteiger partial charge in [-0.3, -0.25) is 0 Å². The Morgan fingerprint density at radius 1 is 1.36 bits per heavy atom. The van der Waals surface area contributed by atoms with Crippen LogP contribution in [0.1, 0.15) is 31.7 Å². The van der Waals surface area contributed by atoms with Crippen LogP contribution in [0.25, 0.3) is 0 Å². The number of rotatable bonds is 5. The Morgan fingerprint density at radius 2 is 2.32 bits per heavy atom. The number of ether oxygens (including phenoxy) is 1. The second-order valence-electron chi connectivity index (χ2n) is 6.43. The van der Waals surface area contributed by atoms with Gasteiger partial charge in [-0.1, -0.05) is 18.2 Å². The van der Waals surface area contributed by atoms with Gasteiger partial charge in [0.25, 0.3) is 0 Å². The highest BCUT2D eigenvalue weighted by Gasteiger charge is 2.17. The zero-order chi connectivity index (χ0) is 15.2. The molecule has 4 nitrogen and oxygen atoms in total. The Hall–Kier alpha value is -1.39. The van der Waals surface area contributed by atoms with E-state index in [4.69, 9.17) is 4.74 Å². The monoisotopic (exact) mass is 301 g/mol. The smallest absolute Gasteiger partial charge is 0.128 e. The van der Waals surface area contributed by atoms with Crippen LogP contribution in [0.3, 0.4) is 0 Å². The zero-order valence-corrected chi connectivity index (χ0v) is 13.5. The van der Waals surface area contributed by atoms with Crippen LogP contribution in [-0.2, 0) is 11.3 Å². The van der Waals surface area contributed by atoms with Gasteiger partial charge in [0.2, 0.25) is 0 Å². The Kier molecular flexibility index (Phi) is 5.46. The van der Waals surface area contributed by atoms with Crippen LogP contribution in [0.2, 0.25) is 0 Å². The molecule has 0 radical (unpaired) electrons. The van der Waals surface area contributed by atoms with Gasteiger partial charge in [-0.2, -0.15) is 0 Å². The first kappa shape index (κ1) is 15.5. The SMILES string of the molecule is CC1CN(c2ccc(CNCC3CC=CCC3)cn2)CCO1. The molecule has 2 heterocycles. The molecule has 1 aromatic rings. The average Bonchev–Trinajstić information content (AvgIpc) is 2.56. The van der Waals surface area contributed by atoms with Crippen LogP contribution in [0.5, 0.6) is 0 Å². The minimum atomic E-state index is 0.293. The highest BCUT2D eigenvalue weighted by molar-refractivity contribution is 5.39. The number of pyridine rings is 1. The van der Waals surface area contributed by atoms with E-state index in [1.165, 1.54) is 24.8 Å². The van der Waals surface area contributed by atoms with Gasteiger partial charge >= 0.3 is 0 Å². The molecular formula is C18H27N3O. The third kappa shape index (κ3) is 4.31. The van der Waals surface area contributed by atoms with E-state index in [-0.39, 0.29) is 0 Å². The lowest BCUT2D eigenvalue weighted by molar-refractivity contribution is 0.0529. The Labute approximate surface area is 133 Å². The maximum atomic E-state index is 5.58. The van der Waals surface area contributed by atoms with Crippen molar-refractivity contribution in [2.75, 3.05) is 31.1 Å². The van der Waals surface area contributed by atoms with Gasteiger partial charge in [0, 0.05) is 25.8 Å². The van der Waals surface area contributed by atoms with Crippen molar-refractivity contribution in [3.8, 4) is 0 Å². The minimum absolute atomic E-state index is 0.293. The van der Waals surface area contributed by atoms with Crippen LogP contribution >= 0.6 is 0 Å². The number of nitrogens with zero attached hydrogens (tertiary/aromatic N) is 2. The third-order valence-corrected chi connectivity index (χ3v) is 4.51. The van der Waals surface area contributed by atoms with E-state index in [0.717, 1.165) is 44.5 Å². The quantitative estimate of drug-likeness (QED) is 0.849. The van der Waals surface area contributed by atoms with Crippen LogP contribution in [-0.4, -0.2) is 37.3 Å². The van der Waals surface area contributed by atoms with Crippen molar-refractivity contribution in [1.82, 2.24) is 10.3 Å². The topological polar surface area (TPSA) is 37.4 Å². The van der Waals surface area contributed by atoms with Crippen molar-refractivity contribution in [3.05, 3.63) is 36.0 Å². The molecule has 2 aliphatic rings. The summed E-state index contributed by atoms with van der Waals surface area (Å²) in [6.07, 6.45) is 10.7. The lowest BCUT2D eigenvalue weighted by Crippen LogP contribution is -2.41. The molecule has 1 aromatic heterocycles. The van der Waals surface area contributed by atoms with E-state index < -0.39 is 0 Å². The fraction of sp³-hybridized carbons (Fsp3) is 0.611. The van der Waals surface area contributed by atoms with E-state index in [1.54, 1.807) is 0 Å². The molecule has 120 valence electrons. The largest absolute Gasteiger partial charge is 0.375 e. The Morgan fingerprint density at radius 3 is 3.05 bits per heavy atom. The summed E-state index contributed by atoms with van der Waals surface area (Å²) in [4.78, 5) is 6.93. The highest BCUT2D eigenvalue weighted by atomic mass is 16.5. The first-order valence-electron chi connectivity index (χ1n) is 8.48. The molecule has 2 unspecified atom stereocenters. The first-order chi connectivity index (χ1) is 10.8. The summed E-state index contributed by atoms with van der Waals surface area (Å²) < 4.78 is 5.58. The summed E-state index contributed by atoms with van der Waals surface area (Å²) in [6, 6.07) is 4.33. The lowest BCUT2D eigenvalue weighted by Gasteiger charge is -2.32. The normalized spacial score (nSPS) is 25.4. The summed E-state index contributed by atoms with van der Waals surface area (Å²) in [6.45, 7) is 6.79. The zero-order valence-electron chi connectivity index (χ0n) is 13.5. The third-order valence-electron chi connectivity index (χ3n) is 4.51. The number of aromatic nitrogens is 1. The molecule has 1 N–H and O–H groups in total. The van der Waals surface area contributed by atoms with Gasteiger partial charge < -0.3 is 15.0 Å². The molecule has 2 atom stereocenters. The van der Waals surface area contributed by atoms with Gasteiger partial charge in [0.05, 0.1) is 12.7 Å². The van der Waals surface area contributed by atoms with Crippen LogP contribution < -0.4 is 10.2 Å². The molecule has 0 spiro atoms. The molecule has 1 fully saturated rings. The number of nitrogens with one attached hydrogen (secondary N) is 1. The minimum Gasteiger partial charge on any atom is -0.375 e. The molecule has 1 aliphatic carbocycles.